The molecule has 0 atom stereocenters. The van der Waals surface area contributed by atoms with Crippen LogP contribution in [0.3, 0.4) is 0 Å². The molecule has 0 spiro atoms. The Balaban J connectivity index is 1.84. The zero-order chi connectivity index (χ0) is 20.3. The number of aromatic nitrogens is 2. The van der Waals surface area contributed by atoms with Gasteiger partial charge in [0.2, 0.25) is 5.89 Å². The minimum absolute atomic E-state index is 0.0656. The van der Waals surface area contributed by atoms with Gasteiger partial charge in [0.15, 0.2) is 0 Å². The largest absolute Gasteiger partial charge is 0.477 e. The number of anilines is 1. The van der Waals surface area contributed by atoms with Crippen molar-refractivity contribution >= 4 is 57.0 Å². The van der Waals surface area contributed by atoms with Crippen LogP contribution in [0.5, 0.6) is 0 Å². The summed E-state index contributed by atoms with van der Waals surface area (Å²) in [6.07, 6.45) is 1.56. The summed E-state index contributed by atoms with van der Waals surface area (Å²) in [5.41, 5.74) is 2.43. The van der Waals surface area contributed by atoms with Crippen LogP contribution in [0.1, 0.15) is 5.56 Å². The molecule has 0 amide bonds. The van der Waals surface area contributed by atoms with Crippen molar-refractivity contribution in [2.45, 2.75) is 5.22 Å². The second kappa shape index (κ2) is 8.81. The van der Waals surface area contributed by atoms with Crippen LogP contribution in [0, 0.1) is 0 Å². The summed E-state index contributed by atoms with van der Waals surface area (Å²) in [5.74, 6) is -0.786. The van der Waals surface area contributed by atoms with Crippen molar-refractivity contribution in [1.82, 2.24) is 10.2 Å². The summed E-state index contributed by atoms with van der Waals surface area (Å²) in [4.78, 5) is 13.7. The molecular formula is C19H15BrClN3O3S. The quantitative estimate of drug-likeness (QED) is 0.372. The second-order valence-electron chi connectivity index (χ2n) is 5.90. The fraction of sp³-hybridized carbons (Fsp3) is 0.105. The zero-order valence-electron chi connectivity index (χ0n) is 14.9. The van der Waals surface area contributed by atoms with Crippen LogP contribution in [0.4, 0.5) is 5.69 Å². The molecule has 2 aromatic carbocycles. The normalized spacial score (nSPS) is 11.5. The van der Waals surface area contributed by atoms with Gasteiger partial charge in [-0.05, 0) is 75.7 Å². The number of carboxylic acid groups (broad SMARTS) is 1. The first kappa shape index (κ1) is 20.4. The molecule has 1 aromatic heterocycles. The second-order valence-corrected chi connectivity index (χ2v) is 8.19. The Hall–Kier alpha value is -2.29. The van der Waals surface area contributed by atoms with E-state index in [0.717, 1.165) is 27.5 Å². The van der Waals surface area contributed by atoms with Gasteiger partial charge >= 0.3 is 5.97 Å². The fourth-order valence-electron chi connectivity index (χ4n) is 2.32. The molecule has 0 radical (unpaired) electrons. The van der Waals surface area contributed by atoms with Gasteiger partial charge in [-0.3, -0.25) is 0 Å². The van der Waals surface area contributed by atoms with E-state index in [9.17, 15) is 9.90 Å². The number of carbonyl (C=O) groups is 1. The molecule has 1 heterocycles. The van der Waals surface area contributed by atoms with Gasteiger partial charge in [0.1, 0.15) is 4.91 Å². The predicted octanol–water partition coefficient (Wildman–Crippen LogP) is 5.44. The van der Waals surface area contributed by atoms with E-state index in [1.165, 1.54) is 0 Å². The Morgan fingerprint density at radius 3 is 2.54 bits per heavy atom. The van der Waals surface area contributed by atoms with Gasteiger partial charge in [-0.15, -0.1) is 10.2 Å². The van der Waals surface area contributed by atoms with Crippen LogP contribution >= 0.6 is 39.3 Å². The standard InChI is InChI=1S/C19H15BrClN3O3S/c1-24(2)15-8-3-11(9-14(15)20)10-16(18(25)26)28-19-23-22-17(27-19)12-4-6-13(21)7-5-12/h3-10H,1-2H3,(H,25,26)/b16-10-. The van der Waals surface area contributed by atoms with Gasteiger partial charge < -0.3 is 14.4 Å². The molecule has 0 aliphatic carbocycles. The molecule has 28 heavy (non-hydrogen) atoms. The lowest BCUT2D eigenvalue weighted by Crippen LogP contribution is -2.09. The third kappa shape index (κ3) is 4.95. The molecule has 0 fully saturated rings. The molecule has 3 aromatic rings. The number of rotatable bonds is 6. The number of aliphatic carboxylic acids is 1. The SMILES string of the molecule is CN(C)c1ccc(/C=C(\Sc2nnc(-c3ccc(Cl)cc3)o2)C(=O)O)cc1Br. The summed E-state index contributed by atoms with van der Waals surface area (Å²) in [5, 5.41) is 18.2. The first-order valence-electron chi connectivity index (χ1n) is 8.02. The molecule has 0 saturated carbocycles. The minimum Gasteiger partial charge on any atom is -0.477 e. The highest BCUT2D eigenvalue weighted by Crippen LogP contribution is 2.32. The fourth-order valence-corrected chi connectivity index (χ4v) is 3.87. The van der Waals surface area contributed by atoms with E-state index < -0.39 is 5.97 Å². The zero-order valence-corrected chi connectivity index (χ0v) is 18.0. The van der Waals surface area contributed by atoms with Crippen LogP contribution in [0.2, 0.25) is 5.02 Å². The van der Waals surface area contributed by atoms with E-state index in [1.54, 1.807) is 30.3 Å². The van der Waals surface area contributed by atoms with Gasteiger partial charge in [0.25, 0.3) is 5.22 Å². The van der Waals surface area contributed by atoms with Crippen molar-refractivity contribution in [1.29, 1.82) is 0 Å². The average molecular weight is 481 g/mol. The Morgan fingerprint density at radius 1 is 1.21 bits per heavy atom. The molecular weight excluding hydrogens is 466 g/mol. The number of thioether (sulfide) groups is 1. The van der Waals surface area contributed by atoms with E-state index in [4.69, 9.17) is 16.0 Å². The third-order valence-corrected chi connectivity index (χ3v) is 5.40. The number of halogens is 2. The molecule has 6 nitrogen and oxygen atoms in total. The first-order chi connectivity index (χ1) is 13.3. The summed E-state index contributed by atoms with van der Waals surface area (Å²) in [6.45, 7) is 0. The van der Waals surface area contributed by atoms with Gasteiger partial charge in [0.05, 0.1) is 5.69 Å². The Labute approximate surface area is 179 Å². The van der Waals surface area contributed by atoms with E-state index in [1.807, 2.05) is 37.2 Å². The van der Waals surface area contributed by atoms with Gasteiger partial charge in [0, 0.05) is 29.2 Å². The van der Waals surface area contributed by atoms with Crippen LogP contribution in [0.25, 0.3) is 17.5 Å². The smallest absolute Gasteiger partial charge is 0.342 e. The predicted molar refractivity (Wildman–Crippen MR) is 115 cm³/mol. The first-order valence-corrected chi connectivity index (χ1v) is 10.0. The minimum atomic E-state index is -1.08. The van der Waals surface area contributed by atoms with Crippen molar-refractivity contribution in [3.05, 3.63) is 62.4 Å². The third-order valence-electron chi connectivity index (χ3n) is 3.66. The molecule has 0 aliphatic heterocycles. The van der Waals surface area contributed by atoms with Crippen LogP contribution < -0.4 is 4.90 Å². The van der Waals surface area contributed by atoms with E-state index in [0.29, 0.717) is 16.5 Å². The maximum absolute atomic E-state index is 11.7. The lowest BCUT2D eigenvalue weighted by atomic mass is 10.2. The van der Waals surface area contributed by atoms with Crippen molar-refractivity contribution in [3.8, 4) is 11.5 Å². The van der Waals surface area contributed by atoms with Crippen molar-refractivity contribution in [2.24, 2.45) is 0 Å². The molecule has 0 saturated heterocycles. The van der Waals surface area contributed by atoms with E-state index >= 15 is 0 Å². The highest BCUT2D eigenvalue weighted by Gasteiger charge is 2.16. The summed E-state index contributed by atoms with van der Waals surface area (Å²) in [7, 11) is 3.87. The number of benzene rings is 2. The lowest BCUT2D eigenvalue weighted by molar-refractivity contribution is -0.131. The highest BCUT2D eigenvalue weighted by atomic mass is 79.9. The summed E-state index contributed by atoms with van der Waals surface area (Å²) < 4.78 is 6.44. The summed E-state index contributed by atoms with van der Waals surface area (Å²) >= 11 is 10.3. The van der Waals surface area contributed by atoms with Crippen molar-refractivity contribution < 1.29 is 14.3 Å². The van der Waals surface area contributed by atoms with Gasteiger partial charge in [-0.25, -0.2) is 4.79 Å². The topological polar surface area (TPSA) is 79.5 Å². The number of hydrogen-bond donors (Lipinski definition) is 1. The molecule has 3 rings (SSSR count). The monoisotopic (exact) mass is 479 g/mol. The lowest BCUT2D eigenvalue weighted by Gasteiger charge is -2.14. The molecule has 9 heteroatoms. The van der Waals surface area contributed by atoms with Crippen molar-refractivity contribution in [3.63, 3.8) is 0 Å². The number of nitrogens with zero attached hydrogens (tertiary/aromatic N) is 3. The molecule has 0 bridgehead atoms. The maximum atomic E-state index is 11.7. The molecule has 0 aliphatic rings. The Bertz CT molecular complexity index is 1040. The Kier molecular flexibility index (Phi) is 6.43. The highest BCUT2D eigenvalue weighted by molar-refractivity contribution is 9.10. The number of hydrogen-bond acceptors (Lipinski definition) is 6. The van der Waals surface area contributed by atoms with Crippen LogP contribution in [-0.2, 0) is 4.79 Å². The molecule has 1 N–H and O–H groups in total. The van der Waals surface area contributed by atoms with E-state index in [2.05, 4.69) is 26.1 Å². The van der Waals surface area contributed by atoms with Gasteiger partial charge in [-0.2, -0.15) is 0 Å². The molecule has 144 valence electrons. The summed E-state index contributed by atoms with van der Waals surface area (Å²) in [6, 6.07) is 12.5. The van der Waals surface area contributed by atoms with Crippen LogP contribution in [0.15, 0.2) is 61.5 Å². The average Bonchev–Trinajstić information content (AvgIpc) is 3.10. The van der Waals surface area contributed by atoms with Crippen molar-refractivity contribution in [2.75, 3.05) is 19.0 Å². The Morgan fingerprint density at radius 2 is 1.93 bits per heavy atom. The van der Waals surface area contributed by atoms with Crippen LogP contribution in [-0.4, -0.2) is 35.4 Å². The molecule has 0 unspecified atom stereocenters. The van der Waals surface area contributed by atoms with E-state index in [-0.39, 0.29) is 10.1 Å². The van der Waals surface area contributed by atoms with Gasteiger partial charge in [-0.1, -0.05) is 17.7 Å². The number of carboxylic acids is 1. The maximum Gasteiger partial charge on any atom is 0.342 e.